The van der Waals surface area contributed by atoms with Gasteiger partial charge in [-0.05, 0) is 31.1 Å². The molecule has 0 spiro atoms. The lowest BCUT2D eigenvalue weighted by atomic mass is 9.89. The molecule has 0 aromatic carbocycles. The zero-order valence-electron chi connectivity index (χ0n) is 10.6. The van der Waals surface area contributed by atoms with Gasteiger partial charge in [0.1, 0.15) is 0 Å². The van der Waals surface area contributed by atoms with Gasteiger partial charge in [0.25, 0.3) is 0 Å². The van der Waals surface area contributed by atoms with Crippen molar-refractivity contribution in [3.63, 3.8) is 0 Å². The summed E-state index contributed by atoms with van der Waals surface area (Å²) in [5.74, 6) is 3.91. The Labute approximate surface area is 102 Å². The molecule has 2 saturated carbocycles. The van der Waals surface area contributed by atoms with Crippen molar-refractivity contribution >= 4 is 0 Å². The van der Waals surface area contributed by atoms with Crippen molar-refractivity contribution in [3.05, 3.63) is 11.8 Å². The molecule has 1 N–H and O–H groups in total. The normalized spacial score (nSPS) is 31.6. The Balaban J connectivity index is 1.64. The molecule has 1 aromatic rings. The van der Waals surface area contributed by atoms with Gasteiger partial charge in [0, 0.05) is 12.0 Å². The van der Waals surface area contributed by atoms with Crippen LogP contribution in [-0.2, 0) is 6.54 Å². The minimum Gasteiger partial charge on any atom is -0.424 e. The quantitative estimate of drug-likeness (QED) is 0.871. The van der Waals surface area contributed by atoms with Crippen LogP contribution in [0.3, 0.4) is 0 Å². The zero-order valence-corrected chi connectivity index (χ0v) is 10.6. The van der Waals surface area contributed by atoms with E-state index in [9.17, 15) is 0 Å². The SMILES string of the molecule is CC(C)NCc1nnc(C2CC3CCC2C3)o1. The maximum atomic E-state index is 5.79. The molecule has 0 radical (unpaired) electrons. The monoisotopic (exact) mass is 235 g/mol. The maximum Gasteiger partial charge on any atom is 0.230 e. The molecule has 2 fully saturated rings. The second-order valence-corrected chi connectivity index (χ2v) is 5.85. The fraction of sp³-hybridized carbons (Fsp3) is 0.846. The molecule has 0 aliphatic heterocycles. The summed E-state index contributed by atoms with van der Waals surface area (Å²) >= 11 is 0. The van der Waals surface area contributed by atoms with E-state index in [4.69, 9.17) is 4.42 Å². The Morgan fingerprint density at radius 2 is 2.18 bits per heavy atom. The second-order valence-electron chi connectivity index (χ2n) is 5.85. The highest BCUT2D eigenvalue weighted by atomic mass is 16.4. The van der Waals surface area contributed by atoms with Crippen molar-refractivity contribution in [1.82, 2.24) is 15.5 Å². The van der Waals surface area contributed by atoms with E-state index in [2.05, 4.69) is 29.4 Å². The van der Waals surface area contributed by atoms with Gasteiger partial charge in [-0.1, -0.05) is 20.3 Å². The van der Waals surface area contributed by atoms with Crippen LogP contribution in [0.25, 0.3) is 0 Å². The smallest absolute Gasteiger partial charge is 0.230 e. The minimum atomic E-state index is 0.452. The Morgan fingerprint density at radius 1 is 1.29 bits per heavy atom. The molecular formula is C13H21N3O. The first-order valence-corrected chi connectivity index (χ1v) is 6.78. The molecule has 3 atom stereocenters. The number of nitrogens with zero attached hydrogens (tertiary/aromatic N) is 2. The summed E-state index contributed by atoms with van der Waals surface area (Å²) < 4.78 is 5.79. The predicted molar refractivity (Wildman–Crippen MR) is 64.5 cm³/mol. The van der Waals surface area contributed by atoms with E-state index in [-0.39, 0.29) is 0 Å². The highest BCUT2D eigenvalue weighted by Crippen LogP contribution is 2.52. The summed E-state index contributed by atoms with van der Waals surface area (Å²) in [5.41, 5.74) is 0. The van der Waals surface area contributed by atoms with Crippen LogP contribution >= 0.6 is 0 Å². The van der Waals surface area contributed by atoms with Gasteiger partial charge >= 0.3 is 0 Å². The molecule has 1 aromatic heterocycles. The van der Waals surface area contributed by atoms with Gasteiger partial charge < -0.3 is 9.73 Å². The molecule has 2 bridgehead atoms. The molecule has 2 aliphatic carbocycles. The number of hydrogen-bond acceptors (Lipinski definition) is 4. The molecular weight excluding hydrogens is 214 g/mol. The van der Waals surface area contributed by atoms with Gasteiger partial charge in [-0.2, -0.15) is 0 Å². The van der Waals surface area contributed by atoms with Crippen molar-refractivity contribution < 1.29 is 4.42 Å². The third-order valence-electron chi connectivity index (χ3n) is 4.20. The van der Waals surface area contributed by atoms with E-state index in [1.807, 2.05) is 0 Å². The average Bonchev–Trinajstić information content (AvgIpc) is 3.01. The van der Waals surface area contributed by atoms with E-state index >= 15 is 0 Å². The Morgan fingerprint density at radius 3 is 2.82 bits per heavy atom. The number of hydrogen-bond donors (Lipinski definition) is 1. The van der Waals surface area contributed by atoms with Gasteiger partial charge in [-0.15, -0.1) is 10.2 Å². The highest BCUT2D eigenvalue weighted by molar-refractivity contribution is 5.04. The summed E-state index contributed by atoms with van der Waals surface area (Å²) in [6.07, 6.45) is 5.42. The van der Waals surface area contributed by atoms with E-state index in [0.29, 0.717) is 18.5 Å². The lowest BCUT2D eigenvalue weighted by molar-refractivity contribution is 0.330. The number of fused-ring (bicyclic) bond motifs is 2. The van der Waals surface area contributed by atoms with Gasteiger partial charge in [0.05, 0.1) is 6.54 Å². The van der Waals surface area contributed by atoms with E-state index in [0.717, 1.165) is 23.6 Å². The van der Waals surface area contributed by atoms with Crippen LogP contribution in [0.5, 0.6) is 0 Å². The number of aromatic nitrogens is 2. The van der Waals surface area contributed by atoms with Crippen LogP contribution in [0.2, 0.25) is 0 Å². The molecule has 94 valence electrons. The average molecular weight is 235 g/mol. The second kappa shape index (κ2) is 4.41. The van der Waals surface area contributed by atoms with E-state index in [1.165, 1.54) is 25.7 Å². The van der Waals surface area contributed by atoms with Crippen LogP contribution in [0, 0.1) is 11.8 Å². The fourth-order valence-electron chi connectivity index (χ4n) is 3.33. The number of nitrogens with one attached hydrogen (secondary N) is 1. The molecule has 2 aliphatic rings. The molecule has 3 unspecified atom stereocenters. The highest BCUT2D eigenvalue weighted by Gasteiger charge is 2.42. The molecule has 0 saturated heterocycles. The third-order valence-corrected chi connectivity index (χ3v) is 4.20. The molecule has 3 rings (SSSR count). The van der Waals surface area contributed by atoms with Gasteiger partial charge in [0.15, 0.2) is 0 Å². The summed E-state index contributed by atoms with van der Waals surface area (Å²) in [7, 11) is 0. The first kappa shape index (κ1) is 11.2. The van der Waals surface area contributed by atoms with Crippen LogP contribution in [0.1, 0.15) is 57.2 Å². The van der Waals surface area contributed by atoms with Crippen LogP contribution < -0.4 is 5.32 Å². The lowest BCUT2D eigenvalue weighted by Crippen LogP contribution is -2.21. The van der Waals surface area contributed by atoms with Crippen molar-refractivity contribution in [1.29, 1.82) is 0 Å². The molecule has 0 amide bonds. The first-order valence-electron chi connectivity index (χ1n) is 6.78. The summed E-state index contributed by atoms with van der Waals surface area (Å²) in [4.78, 5) is 0. The van der Waals surface area contributed by atoms with Crippen LogP contribution in [0.4, 0.5) is 0 Å². The Bertz CT molecular complexity index is 388. The van der Waals surface area contributed by atoms with Gasteiger partial charge in [-0.3, -0.25) is 0 Å². The zero-order chi connectivity index (χ0) is 11.8. The van der Waals surface area contributed by atoms with Crippen molar-refractivity contribution in [2.45, 2.75) is 58.0 Å². The Kier molecular flexibility index (Phi) is 2.90. The maximum absolute atomic E-state index is 5.79. The fourth-order valence-corrected chi connectivity index (χ4v) is 3.33. The summed E-state index contributed by atoms with van der Waals surface area (Å²) in [6, 6.07) is 0.452. The Hall–Kier alpha value is -0.900. The van der Waals surface area contributed by atoms with E-state index in [1.54, 1.807) is 0 Å². The molecule has 4 heteroatoms. The van der Waals surface area contributed by atoms with Crippen LogP contribution in [-0.4, -0.2) is 16.2 Å². The van der Waals surface area contributed by atoms with Crippen molar-refractivity contribution in [3.8, 4) is 0 Å². The van der Waals surface area contributed by atoms with E-state index < -0.39 is 0 Å². The minimum absolute atomic E-state index is 0.452. The third kappa shape index (κ3) is 2.23. The van der Waals surface area contributed by atoms with Crippen LogP contribution in [0.15, 0.2) is 4.42 Å². The topological polar surface area (TPSA) is 51.0 Å². The lowest BCUT2D eigenvalue weighted by Gasteiger charge is -2.17. The van der Waals surface area contributed by atoms with Gasteiger partial charge in [-0.25, -0.2) is 0 Å². The number of rotatable bonds is 4. The van der Waals surface area contributed by atoms with Crippen molar-refractivity contribution in [2.24, 2.45) is 11.8 Å². The first-order chi connectivity index (χ1) is 8.22. The largest absolute Gasteiger partial charge is 0.424 e. The predicted octanol–water partition coefficient (Wildman–Crippen LogP) is 2.47. The summed E-state index contributed by atoms with van der Waals surface area (Å²) in [5, 5.41) is 11.7. The summed E-state index contributed by atoms with van der Waals surface area (Å²) in [6.45, 7) is 4.92. The van der Waals surface area contributed by atoms with Crippen molar-refractivity contribution in [2.75, 3.05) is 0 Å². The molecule has 4 nitrogen and oxygen atoms in total. The molecule has 1 heterocycles. The molecule has 17 heavy (non-hydrogen) atoms. The van der Waals surface area contributed by atoms with Gasteiger partial charge in [0.2, 0.25) is 11.8 Å². The standard InChI is InChI=1S/C13H21N3O/c1-8(2)14-7-12-15-16-13(17-12)11-6-9-3-4-10(11)5-9/h8-11,14H,3-7H2,1-2H3.